The number of halogens is 1. The van der Waals surface area contributed by atoms with Crippen LogP contribution in [-0.4, -0.2) is 36.3 Å². The SMILES string of the molecule is CC1CC(C)CN(C(=O)c2ccccc2NC(=O)CCCN)C1.Cl. The first-order chi connectivity index (χ1) is 11.0. The minimum atomic E-state index is -0.101. The van der Waals surface area contributed by atoms with Gasteiger partial charge in [-0.2, -0.15) is 0 Å². The first-order valence-corrected chi connectivity index (χ1v) is 8.39. The molecule has 2 atom stereocenters. The fraction of sp³-hybridized carbons (Fsp3) is 0.556. The van der Waals surface area contributed by atoms with Gasteiger partial charge in [0, 0.05) is 19.5 Å². The predicted molar refractivity (Wildman–Crippen MR) is 99.5 cm³/mol. The topological polar surface area (TPSA) is 75.4 Å². The molecule has 0 saturated carbocycles. The summed E-state index contributed by atoms with van der Waals surface area (Å²) in [4.78, 5) is 26.7. The molecular formula is C18H28ClN3O2. The number of piperidine rings is 1. The largest absolute Gasteiger partial charge is 0.338 e. The van der Waals surface area contributed by atoms with E-state index in [2.05, 4.69) is 19.2 Å². The summed E-state index contributed by atoms with van der Waals surface area (Å²) in [7, 11) is 0. The van der Waals surface area contributed by atoms with Crippen molar-refractivity contribution in [3.8, 4) is 0 Å². The van der Waals surface area contributed by atoms with Crippen LogP contribution < -0.4 is 11.1 Å². The number of nitrogens with zero attached hydrogens (tertiary/aromatic N) is 1. The van der Waals surface area contributed by atoms with E-state index in [0.29, 0.717) is 42.5 Å². The van der Waals surface area contributed by atoms with Gasteiger partial charge in [-0.15, -0.1) is 12.4 Å². The lowest BCUT2D eigenvalue weighted by atomic mass is 9.91. The lowest BCUT2D eigenvalue weighted by Crippen LogP contribution is -2.42. The molecule has 0 spiro atoms. The Morgan fingerprint density at radius 1 is 1.21 bits per heavy atom. The Hall–Kier alpha value is -1.59. The highest BCUT2D eigenvalue weighted by atomic mass is 35.5. The zero-order chi connectivity index (χ0) is 16.8. The molecule has 0 aliphatic carbocycles. The molecule has 0 bridgehead atoms. The first-order valence-electron chi connectivity index (χ1n) is 8.39. The molecule has 2 unspecified atom stereocenters. The summed E-state index contributed by atoms with van der Waals surface area (Å²) in [5.41, 5.74) is 6.58. The van der Waals surface area contributed by atoms with Gasteiger partial charge in [-0.25, -0.2) is 0 Å². The molecule has 1 heterocycles. The number of hydrogen-bond donors (Lipinski definition) is 2. The molecule has 1 fully saturated rings. The van der Waals surface area contributed by atoms with Crippen molar-refractivity contribution in [1.82, 2.24) is 4.90 Å². The van der Waals surface area contributed by atoms with Crippen LogP contribution in [-0.2, 0) is 4.79 Å². The highest BCUT2D eigenvalue weighted by molar-refractivity contribution is 6.03. The van der Waals surface area contributed by atoms with Crippen LogP contribution in [0.5, 0.6) is 0 Å². The van der Waals surface area contributed by atoms with Crippen molar-refractivity contribution in [1.29, 1.82) is 0 Å². The number of amides is 2. The number of carbonyl (C=O) groups excluding carboxylic acids is 2. The zero-order valence-corrected chi connectivity index (χ0v) is 15.3. The van der Waals surface area contributed by atoms with Gasteiger partial charge in [-0.3, -0.25) is 9.59 Å². The molecular weight excluding hydrogens is 326 g/mol. The van der Waals surface area contributed by atoms with Crippen molar-refractivity contribution in [2.45, 2.75) is 33.1 Å². The van der Waals surface area contributed by atoms with Crippen LogP contribution in [0.15, 0.2) is 24.3 Å². The number of para-hydroxylation sites is 1. The molecule has 3 N–H and O–H groups in total. The minimum Gasteiger partial charge on any atom is -0.338 e. The van der Waals surface area contributed by atoms with Crippen molar-refractivity contribution in [3.63, 3.8) is 0 Å². The van der Waals surface area contributed by atoms with E-state index in [0.717, 1.165) is 19.5 Å². The van der Waals surface area contributed by atoms with Gasteiger partial charge in [0.25, 0.3) is 5.91 Å². The van der Waals surface area contributed by atoms with Gasteiger partial charge >= 0.3 is 0 Å². The number of rotatable bonds is 5. The van der Waals surface area contributed by atoms with Gasteiger partial charge in [0.15, 0.2) is 0 Å². The maximum absolute atomic E-state index is 12.9. The van der Waals surface area contributed by atoms with Crippen LogP contribution in [0.1, 0.15) is 43.5 Å². The Bertz CT molecular complexity index is 555. The van der Waals surface area contributed by atoms with Crippen molar-refractivity contribution >= 4 is 29.9 Å². The van der Waals surface area contributed by atoms with Crippen LogP contribution in [0.3, 0.4) is 0 Å². The first kappa shape index (κ1) is 20.5. The fourth-order valence-electron chi connectivity index (χ4n) is 3.25. The van der Waals surface area contributed by atoms with Gasteiger partial charge in [-0.1, -0.05) is 26.0 Å². The number of likely N-dealkylation sites (tertiary alicyclic amines) is 1. The lowest BCUT2D eigenvalue weighted by molar-refractivity contribution is -0.116. The molecule has 1 aromatic rings. The second-order valence-electron chi connectivity index (χ2n) is 6.64. The predicted octanol–water partition coefficient (Wildman–Crippen LogP) is 2.90. The Labute approximate surface area is 150 Å². The normalized spacial score (nSPS) is 20.2. The summed E-state index contributed by atoms with van der Waals surface area (Å²) < 4.78 is 0. The zero-order valence-electron chi connectivity index (χ0n) is 14.5. The number of anilines is 1. The third-order valence-corrected chi connectivity index (χ3v) is 4.20. The van der Waals surface area contributed by atoms with Crippen molar-refractivity contribution < 1.29 is 9.59 Å². The summed E-state index contributed by atoms with van der Waals surface area (Å²) in [5, 5.41) is 2.85. The molecule has 134 valence electrons. The van der Waals surface area contributed by atoms with Crippen molar-refractivity contribution in [2.24, 2.45) is 17.6 Å². The smallest absolute Gasteiger partial charge is 0.255 e. The standard InChI is InChI=1S/C18H27N3O2.ClH/c1-13-10-14(2)12-21(11-13)18(23)15-6-3-4-7-16(15)20-17(22)8-5-9-19;/h3-4,6-7,13-14H,5,8-12,19H2,1-2H3,(H,20,22);1H. The molecule has 1 aromatic carbocycles. The van der Waals surface area contributed by atoms with E-state index < -0.39 is 0 Å². The maximum atomic E-state index is 12.9. The average molecular weight is 354 g/mol. The molecule has 2 rings (SSSR count). The van der Waals surface area contributed by atoms with Crippen LogP contribution in [0, 0.1) is 11.8 Å². The van der Waals surface area contributed by atoms with Gasteiger partial charge in [-0.05, 0) is 43.4 Å². The van der Waals surface area contributed by atoms with Crippen LogP contribution in [0.4, 0.5) is 5.69 Å². The van der Waals surface area contributed by atoms with Crippen LogP contribution in [0.25, 0.3) is 0 Å². The van der Waals surface area contributed by atoms with Crippen LogP contribution >= 0.6 is 12.4 Å². The maximum Gasteiger partial charge on any atom is 0.255 e. The molecule has 5 nitrogen and oxygen atoms in total. The Kier molecular flexibility index (Phi) is 8.22. The molecule has 0 radical (unpaired) electrons. The summed E-state index contributed by atoms with van der Waals surface area (Å²) in [6, 6.07) is 7.23. The van der Waals surface area contributed by atoms with E-state index in [4.69, 9.17) is 5.73 Å². The Morgan fingerprint density at radius 2 is 1.83 bits per heavy atom. The van der Waals surface area contributed by atoms with Gasteiger partial charge in [0.05, 0.1) is 11.3 Å². The number of carbonyl (C=O) groups is 2. The minimum absolute atomic E-state index is 0. The van der Waals surface area contributed by atoms with Crippen molar-refractivity contribution in [2.75, 3.05) is 25.0 Å². The Balaban J connectivity index is 0.00000288. The number of hydrogen-bond acceptors (Lipinski definition) is 3. The molecule has 24 heavy (non-hydrogen) atoms. The summed E-state index contributed by atoms with van der Waals surface area (Å²) >= 11 is 0. The molecule has 6 heteroatoms. The van der Waals surface area contributed by atoms with Gasteiger partial charge in [0.2, 0.25) is 5.91 Å². The van der Waals surface area contributed by atoms with Gasteiger partial charge in [0.1, 0.15) is 0 Å². The molecule has 0 aromatic heterocycles. The van der Waals surface area contributed by atoms with E-state index in [1.807, 2.05) is 17.0 Å². The van der Waals surface area contributed by atoms with Crippen molar-refractivity contribution in [3.05, 3.63) is 29.8 Å². The lowest BCUT2D eigenvalue weighted by Gasteiger charge is -2.35. The molecule has 1 saturated heterocycles. The van der Waals surface area contributed by atoms with E-state index in [1.165, 1.54) is 0 Å². The summed E-state index contributed by atoms with van der Waals surface area (Å²) in [6.07, 6.45) is 2.17. The second kappa shape index (κ2) is 9.64. The highest BCUT2D eigenvalue weighted by Gasteiger charge is 2.27. The van der Waals surface area contributed by atoms with E-state index in [9.17, 15) is 9.59 Å². The molecule has 1 aliphatic heterocycles. The van der Waals surface area contributed by atoms with Gasteiger partial charge < -0.3 is 16.0 Å². The Morgan fingerprint density at radius 3 is 2.46 bits per heavy atom. The third kappa shape index (κ3) is 5.49. The quantitative estimate of drug-likeness (QED) is 0.854. The molecule has 2 amide bonds. The van der Waals surface area contributed by atoms with Crippen LogP contribution in [0.2, 0.25) is 0 Å². The number of benzene rings is 1. The van der Waals surface area contributed by atoms with E-state index >= 15 is 0 Å². The average Bonchev–Trinajstić information content (AvgIpc) is 2.52. The van der Waals surface area contributed by atoms with E-state index in [-0.39, 0.29) is 24.2 Å². The number of nitrogens with two attached hydrogens (primary N) is 1. The summed E-state index contributed by atoms with van der Waals surface area (Å²) in [6.45, 7) is 6.39. The number of nitrogens with one attached hydrogen (secondary N) is 1. The third-order valence-electron chi connectivity index (χ3n) is 4.20. The highest BCUT2D eigenvalue weighted by Crippen LogP contribution is 2.25. The fourth-order valence-corrected chi connectivity index (χ4v) is 3.25. The second-order valence-corrected chi connectivity index (χ2v) is 6.64. The van der Waals surface area contributed by atoms with E-state index in [1.54, 1.807) is 12.1 Å². The molecule has 1 aliphatic rings. The summed E-state index contributed by atoms with van der Waals surface area (Å²) in [5.74, 6) is 0.914. The monoisotopic (exact) mass is 353 g/mol.